The molecule has 1 unspecified atom stereocenters. The summed E-state index contributed by atoms with van der Waals surface area (Å²) in [6.07, 6.45) is 2.07. The van der Waals surface area contributed by atoms with E-state index in [1.54, 1.807) is 23.5 Å². The summed E-state index contributed by atoms with van der Waals surface area (Å²) in [5.41, 5.74) is 6.37. The Morgan fingerprint density at radius 2 is 2.19 bits per heavy atom. The van der Waals surface area contributed by atoms with Crippen LogP contribution in [-0.4, -0.2) is 24.0 Å². The van der Waals surface area contributed by atoms with Crippen LogP contribution in [0.3, 0.4) is 0 Å². The summed E-state index contributed by atoms with van der Waals surface area (Å²) in [6, 6.07) is 11.6. The number of nitrogens with zero attached hydrogens (tertiary/aromatic N) is 1. The van der Waals surface area contributed by atoms with Crippen LogP contribution in [0.1, 0.15) is 23.8 Å². The van der Waals surface area contributed by atoms with Crippen molar-refractivity contribution >= 4 is 22.9 Å². The van der Waals surface area contributed by atoms with E-state index in [2.05, 4.69) is 11.4 Å². The minimum absolute atomic E-state index is 0.0224. The lowest BCUT2D eigenvalue weighted by Gasteiger charge is -2.24. The highest BCUT2D eigenvalue weighted by molar-refractivity contribution is 7.10. The zero-order chi connectivity index (χ0) is 14.7. The molecule has 0 saturated carbocycles. The first-order chi connectivity index (χ1) is 10.3. The summed E-state index contributed by atoms with van der Waals surface area (Å²) in [4.78, 5) is 15.6. The van der Waals surface area contributed by atoms with Gasteiger partial charge in [-0.05, 0) is 36.4 Å². The van der Waals surface area contributed by atoms with Crippen LogP contribution in [0.4, 0.5) is 5.69 Å². The van der Waals surface area contributed by atoms with Gasteiger partial charge < -0.3 is 15.4 Å². The molecule has 21 heavy (non-hydrogen) atoms. The number of hydrogen-bond acceptors (Lipinski definition) is 4. The standard InChI is InChI=1S/C16H18N2O2S/c17-12-5-1-2-7-14(12)20-11-16(19)18-9-3-6-13(18)15-8-4-10-21-15/h1-2,4-5,7-8,10,13H,3,6,9,11,17H2. The van der Waals surface area contributed by atoms with Gasteiger partial charge in [-0.15, -0.1) is 11.3 Å². The third kappa shape index (κ3) is 3.03. The molecular weight excluding hydrogens is 284 g/mol. The van der Waals surface area contributed by atoms with E-state index in [9.17, 15) is 4.79 Å². The lowest BCUT2D eigenvalue weighted by molar-refractivity contribution is -0.134. The van der Waals surface area contributed by atoms with E-state index < -0.39 is 0 Å². The molecule has 1 saturated heterocycles. The third-order valence-electron chi connectivity index (χ3n) is 3.71. The first-order valence-electron chi connectivity index (χ1n) is 7.06. The van der Waals surface area contributed by atoms with Crippen LogP contribution >= 0.6 is 11.3 Å². The predicted octanol–water partition coefficient (Wildman–Crippen LogP) is 3.07. The topological polar surface area (TPSA) is 55.6 Å². The molecule has 1 aromatic heterocycles. The fourth-order valence-electron chi connectivity index (χ4n) is 2.68. The van der Waals surface area contributed by atoms with Crippen molar-refractivity contribution in [3.8, 4) is 5.75 Å². The molecule has 3 rings (SSSR count). The van der Waals surface area contributed by atoms with Gasteiger partial charge in [-0.3, -0.25) is 4.79 Å². The first-order valence-corrected chi connectivity index (χ1v) is 7.94. The highest BCUT2D eigenvalue weighted by Gasteiger charge is 2.30. The number of nitrogen functional groups attached to an aromatic ring is 1. The number of likely N-dealkylation sites (tertiary alicyclic amines) is 1. The smallest absolute Gasteiger partial charge is 0.261 e. The SMILES string of the molecule is Nc1ccccc1OCC(=O)N1CCCC1c1cccs1. The summed E-state index contributed by atoms with van der Waals surface area (Å²) in [6.45, 7) is 0.838. The van der Waals surface area contributed by atoms with E-state index >= 15 is 0 Å². The Labute approximate surface area is 128 Å². The minimum Gasteiger partial charge on any atom is -0.482 e. The molecular formula is C16H18N2O2S. The Bertz CT molecular complexity index is 612. The maximum Gasteiger partial charge on any atom is 0.261 e. The minimum atomic E-state index is 0.0224. The lowest BCUT2D eigenvalue weighted by Crippen LogP contribution is -2.34. The molecule has 1 amide bonds. The van der Waals surface area contributed by atoms with Crippen LogP contribution in [0.15, 0.2) is 41.8 Å². The molecule has 2 N–H and O–H groups in total. The van der Waals surface area contributed by atoms with Gasteiger partial charge in [0, 0.05) is 11.4 Å². The molecule has 0 radical (unpaired) electrons. The van der Waals surface area contributed by atoms with E-state index in [1.165, 1.54) is 4.88 Å². The van der Waals surface area contributed by atoms with Crippen LogP contribution in [0.25, 0.3) is 0 Å². The molecule has 1 aliphatic rings. The Morgan fingerprint density at radius 3 is 2.95 bits per heavy atom. The molecule has 1 aromatic carbocycles. The van der Waals surface area contributed by atoms with Crippen molar-refractivity contribution in [3.63, 3.8) is 0 Å². The van der Waals surface area contributed by atoms with Gasteiger partial charge in [0.15, 0.2) is 6.61 Å². The number of carbonyl (C=O) groups is 1. The van der Waals surface area contributed by atoms with Gasteiger partial charge in [-0.1, -0.05) is 18.2 Å². The lowest BCUT2D eigenvalue weighted by atomic mass is 10.2. The van der Waals surface area contributed by atoms with Crippen molar-refractivity contribution in [3.05, 3.63) is 46.7 Å². The quantitative estimate of drug-likeness (QED) is 0.883. The van der Waals surface area contributed by atoms with Gasteiger partial charge >= 0.3 is 0 Å². The molecule has 5 heteroatoms. The summed E-state index contributed by atoms with van der Waals surface area (Å²) in [5, 5.41) is 2.05. The number of benzene rings is 1. The van der Waals surface area contributed by atoms with Gasteiger partial charge in [-0.2, -0.15) is 0 Å². The second kappa shape index (κ2) is 6.18. The molecule has 110 valence electrons. The summed E-state index contributed by atoms with van der Waals surface area (Å²) < 4.78 is 5.56. The molecule has 0 bridgehead atoms. The van der Waals surface area contributed by atoms with Crippen LogP contribution in [0.5, 0.6) is 5.75 Å². The van der Waals surface area contributed by atoms with Crippen LogP contribution in [0.2, 0.25) is 0 Å². The second-order valence-corrected chi connectivity index (χ2v) is 6.07. The highest BCUT2D eigenvalue weighted by Crippen LogP contribution is 2.34. The van der Waals surface area contributed by atoms with E-state index in [4.69, 9.17) is 10.5 Å². The molecule has 2 heterocycles. The molecule has 0 spiro atoms. The summed E-state index contributed by atoms with van der Waals surface area (Å²) in [5.74, 6) is 0.590. The zero-order valence-corrected chi connectivity index (χ0v) is 12.5. The van der Waals surface area contributed by atoms with Crippen molar-refractivity contribution < 1.29 is 9.53 Å². The number of ether oxygens (including phenoxy) is 1. The highest BCUT2D eigenvalue weighted by atomic mass is 32.1. The second-order valence-electron chi connectivity index (χ2n) is 5.09. The molecule has 2 aromatic rings. The van der Waals surface area contributed by atoms with Gasteiger partial charge in [0.2, 0.25) is 0 Å². The van der Waals surface area contributed by atoms with Crippen LogP contribution in [-0.2, 0) is 4.79 Å². The largest absolute Gasteiger partial charge is 0.482 e. The average molecular weight is 302 g/mol. The summed E-state index contributed by atoms with van der Waals surface area (Å²) in [7, 11) is 0. The Hall–Kier alpha value is -2.01. The Balaban J connectivity index is 1.64. The molecule has 4 nitrogen and oxygen atoms in total. The van der Waals surface area contributed by atoms with Crippen molar-refractivity contribution in [1.29, 1.82) is 0 Å². The van der Waals surface area contributed by atoms with E-state index in [0.29, 0.717) is 11.4 Å². The fraction of sp³-hybridized carbons (Fsp3) is 0.312. The molecule has 1 atom stereocenters. The number of carbonyl (C=O) groups excluding carboxylic acids is 1. The van der Waals surface area contributed by atoms with Gasteiger partial charge in [0.05, 0.1) is 11.7 Å². The number of nitrogens with two attached hydrogens (primary N) is 1. The molecule has 1 fully saturated rings. The van der Waals surface area contributed by atoms with Crippen molar-refractivity contribution in [1.82, 2.24) is 4.90 Å². The van der Waals surface area contributed by atoms with E-state index in [0.717, 1.165) is 19.4 Å². The van der Waals surface area contributed by atoms with Crippen LogP contribution < -0.4 is 10.5 Å². The normalized spacial score (nSPS) is 17.9. The summed E-state index contributed by atoms with van der Waals surface area (Å²) >= 11 is 1.70. The van der Waals surface area contributed by atoms with Crippen molar-refractivity contribution in [2.24, 2.45) is 0 Å². The molecule has 0 aliphatic carbocycles. The predicted molar refractivity (Wildman–Crippen MR) is 84.4 cm³/mol. The van der Waals surface area contributed by atoms with Gasteiger partial charge in [0.25, 0.3) is 5.91 Å². The number of para-hydroxylation sites is 2. The first kappa shape index (κ1) is 13.9. The monoisotopic (exact) mass is 302 g/mol. The number of anilines is 1. The van der Waals surface area contributed by atoms with E-state index in [-0.39, 0.29) is 18.6 Å². The van der Waals surface area contributed by atoms with Crippen LogP contribution in [0, 0.1) is 0 Å². The van der Waals surface area contributed by atoms with Crippen molar-refractivity contribution in [2.75, 3.05) is 18.9 Å². The maximum atomic E-state index is 12.4. The van der Waals surface area contributed by atoms with Crippen molar-refractivity contribution in [2.45, 2.75) is 18.9 Å². The number of rotatable bonds is 4. The van der Waals surface area contributed by atoms with Gasteiger partial charge in [0.1, 0.15) is 5.75 Å². The van der Waals surface area contributed by atoms with Gasteiger partial charge in [-0.25, -0.2) is 0 Å². The zero-order valence-electron chi connectivity index (χ0n) is 11.7. The Kier molecular flexibility index (Phi) is 4.10. The number of thiophene rings is 1. The number of amides is 1. The average Bonchev–Trinajstić information content (AvgIpc) is 3.16. The third-order valence-corrected chi connectivity index (χ3v) is 4.69. The number of hydrogen-bond donors (Lipinski definition) is 1. The maximum absolute atomic E-state index is 12.4. The molecule has 1 aliphatic heterocycles. The Morgan fingerprint density at radius 1 is 1.33 bits per heavy atom. The fourth-order valence-corrected chi connectivity index (χ4v) is 3.55. The van der Waals surface area contributed by atoms with E-state index in [1.807, 2.05) is 23.1 Å².